The van der Waals surface area contributed by atoms with Gasteiger partial charge in [-0.1, -0.05) is 6.07 Å². The lowest BCUT2D eigenvalue weighted by molar-refractivity contribution is 0.0695. The minimum atomic E-state index is -1.08. The average Bonchev–Trinajstić information content (AvgIpc) is 2.93. The Kier molecular flexibility index (Phi) is 2.63. The minimum Gasteiger partial charge on any atom is -0.478 e. The highest BCUT2D eigenvalue weighted by Gasteiger charge is 2.17. The summed E-state index contributed by atoms with van der Waals surface area (Å²) in [6.07, 6.45) is 2.88. The molecule has 0 aliphatic rings. The Morgan fingerprint density at radius 2 is 2.20 bits per heavy atom. The van der Waals surface area contributed by atoms with Crippen molar-refractivity contribution in [3.05, 3.63) is 52.3 Å². The van der Waals surface area contributed by atoms with Crippen LogP contribution in [-0.2, 0) is 13.6 Å². The van der Waals surface area contributed by atoms with Crippen molar-refractivity contribution < 1.29 is 9.90 Å². The normalized spacial score (nSPS) is 11.1. The first-order valence-electron chi connectivity index (χ1n) is 5.86. The molecule has 0 saturated carbocycles. The van der Waals surface area contributed by atoms with Crippen molar-refractivity contribution in [1.82, 2.24) is 24.0 Å². The molecule has 0 unspecified atom stereocenters. The molecule has 102 valence electrons. The largest absolute Gasteiger partial charge is 0.478 e. The van der Waals surface area contributed by atoms with Crippen molar-refractivity contribution in [3.8, 4) is 0 Å². The van der Waals surface area contributed by atoms with Crippen LogP contribution in [0.15, 0.2) is 35.4 Å². The van der Waals surface area contributed by atoms with Crippen molar-refractivity contribution in [3.63, 3.8) is 0 Å². The Bertz CT molecular complexity index is 857. The third kappa shape index (κ3) is 1.78. The van der Waals surface area contributed by atoms with Crippen LogP contribution in [0.1, 0.15) is 16.1 Å². The van der Waals surface area contributed by atoms with E-state index < -0.39 is 5.97 Å². The molecule has 0 amide bonds. The fraction of sp³-hybridized carbons (Fsp3) is 0.167. The average molecular weight is 273 g/mol. The maximum absolute atomic E-state index is 12.1. The van der Waals surface area contributed by atoms with Crippen LogP contribution in [0.5, 0.6) is 0 Å². The maximum atomic E-state index is 12.1. The quantitative estimate of drug-likeness (QED) is 0.723. The standard InChI is InChI=1S/C12H11N5O3/c1-15-9(8(6-13-15)11(18)19)7-17-12(20)16-5-3-2-4-10(16)14-17/h2-6H,7H2,1H3,(H,18,19). The van der Waals surface area contributed by atoms with Gasteiger partial charge in [-0.15, -0.1) is 5.10 Å². The molecule has 0 aliphatic heterocycles. The summed E-state index contributed by atoms with van der Waals surface area (Å²) < 4.78 is 4.05. The van der Waals surface area contributed by atoms with E-state index >= 15 is 0 Å². The van der Waals surface area contributed by atoms with Gasteiger partial charge in [-0.3, -0.25) is 9.08 Å². The Balaban J connectivity index is 2.10. The Hall–Kier alpha value is -2.90. The van der Waals surface area contributed by atoms with Crippen LogP contribution < -0.4 is 5.69 Å². The van der Waals surface area contributed by atoms with E-state index in [0.29, 0.717) is 11.3 Å². The lowest BCUT2D eigenvalue weighted by Crippen LogP contribution is -2.23. The van der Waals surface area contributed by atoms with Gasteiger partial charge >= 0.3 is 11.7 Å². The van der Waals surface area contributed by atoms with Gasteiger partial charge in [-0.2, -0.15) is 5.10 Å². The van der Waals surface area contributed by atoms with Gasteiger partial charge in [0.2, 0.25) is 0 Å². The number of aromatic nitrogens is 5. The summed E-state index contributed by atoms with van der Waals surface area (Å²) in [4.78, 5) is 23.2. The van der Waals surface area contributed by atoms with E-state index in [0.717, 1.165) is 0 Å². The lowest BCUT2D eigenvalue weighted by atomic mass is 10.2. The predicted molar refractivity (Wildman–Crippen MR) is 68.7 cm³/mol. The zero-order valence-corrected chi connectivity index (χ0v) is 10.6. The first kappa shape index (κ1) is 12.2. The monoisotopic (exact) mass is 273 g/mol. The van der Waals surface area contributed by atoms with E-state index in [4.69, 9.17) is 5.11 Å². The molecule has 0 saturated heterocycles. The second-order valence-electron chi connectivity index (χ2n) is 4.30. The zero-order valence-electron chi connectivity index (χ0n) is 10.6. The number of hydrogen-bond donors (Lipinski definition) is 1. The van der Waals surface area contributed by atoms with E-state index in [1.54, 1.807) is 31.4 Å². The fourth-order valence-corrected chi connectivity index (χ4v) is 2.04. The molecule has 0 radical (unpaired) electrons. The summed E-state index contributed by atoms with van der Waals surface area (Å²) in [5.41, 5.74) is 0.675. The highest BCUT2D eigenvalue weighted by atomic mass is 16.4. The highest BCUT2D eigenvalue weighted by molar-refractivity contribution is 5.88. The number of aromatic carboxylic acids is 1. The van der Waals surface area contributed by atoms with E-state index in [1.807, 2.05) is 0 Å². The van der Waals surface area contributed by atoms with E-state index in [2.05, 4.69) is 10.2 Å². The molecule has 0 spiro atoms. The summed E-state index contributed by atoms with van der Waals surface area (Å²) in [5, 5.41) is 17.2. The topological polar surface area (TPSA) is 94.4 Å². The molecule has 3 aromatic rings. The number of nitrogens with zero attached hydrogens (tertiary/aromatic N) is 5. The van der Waals surface area contributed by atoms with Crippen LogP contribution in [-0.4, -0.2) is 35.0 Å². The van der Waals surface area contributed by atoms with E-state index in [-0.39, 0.29) is 17.8 Å². The van der Waals surface area contributed by atoms with Crippen molar-refractivity contribution in [2.75, 3.05) is 0 Å². The molecule has 0 fully saturated rings. The fourth-order valence-electron chi connectivity index (χ4n) is 2.04. The third-order valence-electron chi connectivity index (χ3n) is 3.08. The molecule has 0 aromatic carbocycles. The number of carbonyl (C=O) groups is 1. The number of fused-ring (bicyclic) bond motifs is 1. The second kappa shape index (κ2) is 4.34. The van der Waals surface area contributed by atoms with Crippen LogP contribution in [0.3, 0.4) is 0 Å². The van der Waals surface area contributed by atoms with Gasteiger partial charge in [-0.05, 0) is 12.1 Å². The molecule has 0 atom stereocenters. The van der Waals surface area contributed by atoms with Crippen LogP contribution in [0.4, 0.5) is 0 Å². The summed E-state index contributed by atoms with van der Waals surface area (Å²) in [6, 6.07) is 5.21. The number of pyridine rings is 1. The van der Waals surface area contributed by atoms with Crippen molar-refractivity contribution in [1.29, 1.82) is 0 Å². The van der Waals surface area contributed by atoms with Gasteiger partial charge < -0.3 is 5.11 Å². The molecule has 20 heavy (non-hydrogen) atoms. The number of rotatable bonds is 3. The van der Waals surface area contributed by atoms with Crippen molar-refractivity contribution in [2.24, 2.45) is 7.05 Å². The number of hydrogen-bond acceptors (Lipinski definition) is 4. The number of aryl methyl sites for hydroxylation is 1. The summed E-state index contributed by atoms with van der Waals surface area (Å²) in [6.45, 7) is 0.0542. The Morgan fingerprint density at radius 3 is 2.90 bits per heavy atom. The molecule has 8 heteroatoms. The van der Waals surface area contributed by atoms with E-state index in [9.17, 15) is 9.59 Å². The smallest absolute Gasteiger partial charge is 0.350 e. The first-order chi connectivity index (χ1) is 9.58. The van der Waals surface area contributed by atoms with Crippen molar-refractivity contribution in [2.45, 2.75) is 6.54 Å². The van der Waals surface area contributed by atoms with Crippen LogP contribution >= 0.6 is 0 Å². The van der Waals surface area contributed by atoms with Gasteiger partial charge in [0.25, 0.3) is 0 Å². The lowest BCUT2D eigenvalue weighted by Gasteiger charge is -2.02. The van der Waals surface area contributed by atoms with Gasteiger partial charge in [0.15, 0.2) is 5.65 Å². The van der Waals surface area contributed by atoms with E-state index in [1.165, 1.54) is 20.0 Å². The maximum Gasteiger partial charge on any atom is 0.350 e. The molecule has 3 aromatic heterocycles. The minimum absolute atomic E-state index is 0.0542. The molecule has 8 nitrogen and oxygen atoms in total. The van der Waals surface area contributed by atoms with Crippen LogP contribution in [0.2, 0.25) is 0 Å². The molecule has 3 rings (SSSR count). The SMILES string of the molecule is Cn1ncc(C(=O)O)c1Cn1nc2ccccn2c1=O. The Labute approximate surface area is 112 Å². The summed E-state index contributed by atoms with van der Waals surface area (Å²) in [7, 11) is 1.63. The molecule has 0 bridgehead atoms. The van der Waals surface area contributed by atoms with Gasteiger partial charge in [0.1, 0.15) is 5.56 Å². The zero-order chi connectivity index (χ0) is 14.3. The highest BCUT2D eigenvalue weighted by Crippen LogP contribution is 2.08. The molecular formula is C12H11N5O3. The van der Waals surface area contributed by atoms with Gasteiger partial charge in [0, 0.05) is 13.2 Å². The van der Waals surface area contributed by atoms with Gasteiger partial charge in [0.05, 0.1) is 18.4 Å². The van der Waals surface area contributed by atoms with Crippen LogP contribution in [0.25, 0.3) is 5.65 Å². The predicted octanol–water partition coefficient (Wildman–Crippen LogP) is -0.0240. The molecule has 1 N–H and O–H groups in total. The molecule has 0 aliphatic carbocycles. The summed E-state index contributed by atoms with van der Waals surface area (Å²) in [5.74, 6) is -1.08. The van der Waals surface area contributed by atoms with Crippen molar-refractivity contribution >= 4 is 11.6 Å². The first-order valence-corrected chi connectivity index (χ1v) is 5.86. The summed E-state index contributed by atoms with van der Waals surface area (Å²) >= 11 is 0. The third-order valence-corrected chi connectivity index (χ3v) is 3.08. The molecular weight excluding hydrogens is 262 g/mol. The van der Waals surface area contributed by atoms with Gasteiger partial charge in [-0.25, -0.2) is 14.3 Å². The number of carboxylic acids is 1. The second-order valence-corrected chi connectivity index (χ2v) is 4.30. The Morgan fingerprint density at radius 1 is 1.40 bits per heavy atom. The number of carboxylic acid groups (broad SMARTS) is 1. The van der Waals surface area contributed by atoms with Crippen LogP contribution in [0, 0.1) is 0 Å². The molecule has 3 heterocycles.